The molecule has 9 nitrogen and oxygen atoms in total. The lowest BCUT2D eigenvalue weighted by Crippen LogP contribution is -2.49. The van der Waals surface area contributed by atoms with Gasteiger partial charge in [0.1, 0.15) is 11.6 Å². The van der Waals surface area contributed by atoms with Crippen LogP contribution in [-0.2, 0) is 46.6 Å². The molecule has 0 aliphatic heterocycles. The summed E-state index contributed by atoms with van der Waals surface area (Å²) in [6.07, 6.45) is 0.972. The van der Waals surface area contributed by atoms with Gasteiger partial charge in [-0.2, -0.15) is 0 Å². The molecule has 0 unspecified atom stereocenters. The summed E-state index contributed by atoms with van der Waals surface area (Å²) in [6, 6.07) is 18.2. The summed E-state index contributed by atoms with van der Waals surface area (Å²) in [4.78, 5) is 40.0. The molecule has 5 N–H and O–H groups in total. The molecule has 10 heteroatoms. The molecule has 46 heavy (non-hydrogen) atoms. The number of aliphatic hydroxyl groups is 1. The van der Waals surface area contributed by atoms with Gasteiger partial charge in [0.05, 0.1) is 38.5 Å². The van der Waals surface area contributed by atoms with Crippen molar-refractivity contribution in [3.63, 3.8) is 0 Å². The topological polar surface area (TPSA) is 134 Å². The lowest BCUT2D eigenvalue weighted by atomic mass is 9.98. The second kappa shape index (κ2) is 18.6. The minimum absolute atomic E-state index is 0.0185. The van der Waals surface area contributed by atoms with E-state index in [2.05, 4.69) is 10.6 Å². The fourth-order valence-electron chi connectivity index (χ4n) is 5.47. The average molecular weight is 635 g/mol. The number of halogens is 1. The number of primary amides is 1. The SMILES string of the molecule is CCCN(CCC)C(=O)Cc1cc(CC(N)=O)cc(CC(=O)N[C@@H](Cc2cccc(F)c2)[C@H](O)CNCc2cccc(OC)c2)c1. The highest BCUT2D eigenvalue weighted by Crippen LogP contribution is 2.16. The first-order chi connectivity index (χ1) is 22.1. The van der Waals surface area contributed by atoms with E-state index in [4.69, 9.17) is 10.5 Å². The van der Waals surface area contributed by atoms with Crippen molar-refractivity contribution in [3.8, 4) is 5.75 Å². The van der Waals surface area contributed by atoms with E-state index in [-0.39, 0.29) is 44.0 Å². The molecule has 3 aromatic rings. The second-order valence-electron chi connectivity index (χ2n) is 11.6. The third-order valence-electron chi connectivity index (χ3n) is 7.52. The highest BCUT2D eigenvalue weighted by Gasteiger charge is 2.23. The van der Waals surface area contributed by atoms with Crippen LogP contribution < -0.4 is 21.1 Å². The van der Waals surface area contributed by atoms with E-state index in [9.17, 15) is 23.9 Å². The largest absolute Gasteiger partial charge is 0.497 e. The summed E-state index contributed by atoms with van der Waals surface area (Å²) >= 11 is 0. The number of rotatable bonds is 19. The van der Waals surface area contributed by atoms with E-state index in [0.29, 0.717) is 41.9 Å². The van der Waals surface area contributed by atoms with Crippen LogP contribution in [0, 0.1) is 5.82 Å². The summed E-state index contributed by atoms with van der Waals surface area (Å²) in [7, 11) is 1.60. The number of nitrogens with one attached hydrogen (secondary N) is 2. The van der Waals surface area contributed by atoms with Gasteiger partial charge < -0.3 is 31.1 Å². The summed E-state index contributed by atoms with van der Waals surface area (Å²) in [5.74, 6) is -0.576. The Kier molecular flexibility index (Phi) is 14.7. The summed E-state index contributed by atoms with van der Waals surface area (Å²) in [5, 5.41) is 17.3. The molecule has 0 spiro atoms. The van der Waals surface area contributed by atoms with Crippen molar-refractivity contribution < 1.29 is 28.6 Å². The molecule has 0 saturated heterocycles. The van der Waals surface area contributed by atoms with E-state index in [0.717, 1.165) is 24.2 Å². The molecule has 0 bridgehead atoms. The number of hydrogen-bond acceptors (Lipinski definition) is 6. The van der Waals surface area contributed by atoms with Gasteiger partial charge in [-0.05, 0) is 71.3 Å². The van der Waals surface area contributed by atoms with Crippen molar-refractivity contribution in [2.75, 3.05) is 26.7 Å². The van der Waals surface area contributed by atoms with Crippen LogP contribution in [0.25, 0.3) is 0 Å². The van der Waals surface area contributed by atoms with Crippen LogP contribution in [0.1, 0.15) is 54.5 Å². The van der Waals surface area contributed by atoms with Gasteiger partial charge in [0.25, 0.3) is 0 Å². The van der Waals surface area contributed by atoms with Crippen LogP contribution in [0.2, 0.25) is 0 Å². The number of carbonyl (C=O) groups excluding carboxylic acids is 3. The van der Waals surface area contributed by atoms with Crippen LogP contribution in [0.3, 0.4) is 0 Å². The zero-order valence-corrected chi connectivity index (χ0v) is 27.1. The van der Waals surface area contributed by atoms with Crippen LogP contribution in [-0.4, -0.2) is 66.6 Å². The number of benzene rings is 3. The monoisotopic (exact) mass is 634 g/mol. The average Bonchev–Trinajstić information content (AvgIpc) is 3.00. The van der Waals surface area contributed by atoms with E-state index in [1.54, 1.807) is 37.4 Å². The van der Waals surface area contributed by atoms with E-state index in [1.807, 2.05) is 43.0 Å². The van der Waals surface area contributed by atoms with Crippen molar-refractivity contribution in [1.29, 1.82) is 0 Å². The molecule has 3 aromatic carbocycles. The van der Waals surface area contributed by atoms with Crippen LogP contribution in [0.15, 0.2) is 66.7 Å². The first-order valence-corrected chi connectivity index (χ1v) is 15.8. The quantitative estimate of drug-likeness (QED) is 0.160. The molecular formula is C36H47FN4O5. The zero-order valence-electron chi connectivity index (χ0n) is 27.1. The Morgan fingerprint density at radius 3 is 2.13 bits per heavy atom. The Bertz CT molecular complexity index is 1440. The number of hydrogen-bond donors (Lipinski definition) is 4. The molecule has 0 aliphatic rings. The molecule has 248 valence electrons. The Labute approximate surface area is 271 Å². The number of carbonyl (C=O) groups is 3. The number of methoxy groups -OCH3 is 1. The molecule has 2 atom stereocenters. The minimum Gasteiger partial charge on any atom is -0.497 e. The molecule has 0 saturated carbocycles. The molecule has 3 amide bonds. The number of amides is 3. The van der Waals surface area contributed by atoms with E-state index in [1.165, 1.54) is 12.1 Å². The first-order valence-electron chi connectivity index (χ1n) is 15.8. The van der Waals surface area contributed by atoms with Gasteiger partial charge >= 0.3 is 0 Å². The van der Waals surface area contributed by atoms with Gasteiger partial charge in [-0.25, -0.2) is 4.39 Å². The smallest absolute Gasteiger partial charge is 0.226 e. The highest BCUT2D eigenvalue weighted by molar-refractivity contribution is 5.81. The number of nitrogens with zero attached hydrogens (tertiary/aromatic N) is 1. The minimum atomic E-state index is -0.990. The Balaban J connectivity index is 1.75. The molecule has 0 aliphatic carbocycles. The fourth-order valence-corrected chi connectivity index (χ4v) is 5.47. The third kappa shape index (κ3) is 12.3. The van der Waals surface area contributed by atoms with E-state index >= 15 is 0 Å². The van der Waals surface area contributed by atoms with Crippen LogP contribution in [0.5, 0.6) is 5.75 Å². The van der Waals surface area contributed by atoms with Crippen molar-refractivity contribution in [3.05, 3.63) is 100 Å². The molecule has 0 heterocycles. The van der Waals surface area contributed by atoms with Gasteiger partial charge in [-0.3, -0.25) is 14.4 Å². The van der Waals surface area contributed by atoms with Crippen molar-refractivity contribution in [2.45, 2.75) is 71.1 Å². The van der Waals surface area contributed by atoms with Gasteiger partial charge in [0, 0.05) is 26.2 Å². The molecule has 3 rings (SSSR count). The fraction of sp³-hybridized carbons (Fsp3) is 0.417. The standard InChI is InChI=1S/C36H47FN4O5/c1-4-12-41(13-5-2)36(45)22-29-15-27(20-34(38)43)14-28(16-29)21-35(44)40-32(19-25-8-6-10-30(37)17-25)33(42)24-39-23-26-9-7-11-31(18-26)46-3/h6-11,14-18,32-33,39,42H,4-5,12-13,19-24H2,1-3H3,(H2,38,43)(H,40,44)/t32-,33+/m0/s1. The molecule has 0 radical (unpaired) electrons. The van der Waals surface area contributed by atoms with Crippen molar-refractivity contribution >= 4 is 17.7 Å². The van der Waals surface area contributed by atoms with E-state index < -0.39 is 23.9 Å². The van der Waals surface area contributed by atoms with Gasteiger partial charge in [0.15, 0.2) is 0 Å². The predicted octanol–water partition coefficient (Wildman–Crippen LogP) is 3.47. The lowest BCUT2D eigenvalue weighted by Gasteiger charge is -2.25. The first kappa shape index (κ1) is 36.2. The van der Waals surface area contributed by atoms with Crippen LogP contribution in [0.4, 0.5) is 4.39 Å². The lowest BCUT2D eigenvalue weighted by molar-refractivity contribution is -0.130. The van der Waals surface area contributed by atoms with Gasteiger partial charge in [0.2, 0.25) is 17.7 Å². The maximum atomic E-state index is 14.0. The maximum absolute atomic E-state index is 14.0. The van der Waals surface area contributed by atoms with Crippen LogP contribution >= 0.6 is 0 Å². The van der Waals surface area contributed by atoms with Crippen molar-refractivity contribution in [1.82, 2.24) is 15.5 Å². The number of ether oxygens (including phenoxy) is 1. The normalized spacial score (nSPS) is 12.3. The Hall–Kier alpha value is -4.28. The predicted molar refractivity (Wildman–Crippen MR) is 177 cm³/mol. The van der Waals surface area contributed by atoms with Crippen molar-refractivity contribution in [2.24, 2.45) is 5.73 Å². The number of nitrogens with two attached hydrogens (primary N) is 1. The summed E-state index contributed by atoms with van der Waals surface area (Å²) in [5.41, 5.74) is 9.00. The molecule has 0 fully saturated rings. The second-order valence-corrected chi connectivity index (χ2v) is 11.6. The number of aliphatic hydroxyl groups excluding tert-OH is 1. The Morgan fingerprint density at radius 1 is 0.870 bits per heavy atom. The maximum Gasteiger partial charge on any atom is 0.226 e. The molecule has 0 aromatic heterocycles. The zero-order chi connectivity index (χ0) is 33.5. The highest BCUT2D eigenvalue weighted by atomic mass is 19.1. The Morgan fingerprint density at radius 2 is 1.50 bits per heavy atom. The van der Waals surface area contributed by atoms with Gasteiger partial charge in [-0.15, -0.1) is 0 Å². The third-order valence-corrected chi connectivity index (χ3v) is 7.52. The summed E-state index contributed by atoms with van der Waals surface area (Å²) < 4.78 is 19.3. The summed E-state index contributed by atoms with van der Waals surface area (Å²) in [6.45, 7) is 6.00. The van der Waals surface area contributed by atoms with Gasteiger partial charge in [-0.1, -0.05) is 56.3 Å². The molecular weight excluding hydrogens is 587 g/mol.